The first-order chi connectivity index (χ1) is 14.0. The minimum absolute atomic E-state index is 0.0463. The molecule has 4 aliphatic heterocycles. The summed E-state index contributed by atoms with van der Waals surface area (Å²) < 4.78 is 12.2. The van der Waals surface area contributed by atoms with Gasteiger partial charge in [-0.3, -0.25) is 14.6 Å². The predicted octanol–water partition coefficient (Wildman–Crippen LogP) is 1.64. The molecule has 29 heavy (non-hydrogen) atoms. The van der Waals surface area contributed by atoms with Crippen molar-refractivity contribution in [2.24, 2.45) is 11.8 Å². The lowest BCUT2D eigenvalue weighted by atomic mass is 9.76. The molecule has 0 radical (unpaired) electrons. The molecule has 0 saturated carbocycles. The van der Waals surface area contributed by atoms with Gasteiger partial charge in [-0.1, -0.05) is 12.2 Å². The summed E-state index contributed by atoms with van der Waals surface area (Å²) in [4.78, 5) is 34.3. The van der Waals surface area contributed by atoms with Crippen molar-refractivity contribution in [3.8, 4) is 5.75 Å². The molecule has 4 atom stereocenters. The van der Waals surface area contributed by atoms with Crippen LogP contribution >= 0.6 is 0 Å². The Bertz CT molecular complexity index is 834. The number of rotatable bonds is 4. The molecule has 7 nitrogen and oxygen atoms in total. The molecule has 1 spiro atoms. The zero-order valence-corrected chi connectivity index (χ0v) is 16.9. The Kier molecular flexibility index (Phi) is 4.38. The highest BCUT2D eigenvalue weighted by atomic mass is 16.5. The fraction of sp³-hybridized carbons (Fsp3) is 0.591. The molecule has 154 valence electrons. The molecule has 0 unspecified atom stereocenters. The number of pyridine rings is 1. The Labute approximate surface area is 170 Å². The van der Waals surface area contributed by atoms with Gasteiger partial charge < -0.3 is 19.3 Å². The summed E-state index contributed by atoms with van der Waals surface area (Å²) >= 11 is 0. The van der Waals surface area contributed by atoms with Gasteiger partial charge in [0.15, 0.2) is 0 Å². The number of aromatic nitrogens is 1. The maximum absolute atomic E-state index is 13.4. The molecule has 5 heterocycles. The van der Waals surface area contributed by atoms with Gasteiger partial charge in [0.25, 0.3) is 0 Å². The molecular formula is C22H27N3O4. The van der Waals surface area contributed by atoms with Gasteiger partial charge in [-0.05, 0) is 26.0 Å². The number of fused-ring (bicyclic) bond motifs is 1. The van der Waals surface area contributed by atoms with Crippen molar-refractivity contribution >= 4 is 11.8 Å². The van der Waals surface area contributed by atoms with Gasteiger partial charge in [0.05, 0.1) is 30.7 Å². The summed E-state index contributed by atoms with van der Waals surface area (Å²) in [6.45, 7) is 5.84. The van der Waals surface area contributed by atoms with Crippen LogP contribution in [-0.4, -0.2) is 70.1 Å². The smallest absolute Gasteiger partial charge is 0.230 e. The van der Waals surface area contributed by atoms with Crippen molar-refractivity contribution in [1.29, 1.82) is 0 Å². The van der Waals surface area contributed by atoms with E-state index < -0.39 is 17.4 Å². The number of piperidine rings is 1. The molecule has 2 bridgehead atoms. The molecular weight excluding hydrogens is 370 g/mol. The van der Waals surface area contributed by atoms with Crippen molar-refractivity contribution in [1.82, 2.24) is 14.8 Å². The van der Waals surface area contributed by atoms with Gasteiger partial charge in [-0.2, -0.15) is 0 Å². The highest BCUT2D eigenvalue weighted by Crippen LogP contribution is 2.52. The van der Waals surface area contributed by atoms with E-state index in [2.05, 4.69) is 4.98 Å². The molecule has 4 aliphatic rings. The summed E-state index contributed by atoms with van der Waals surface area (Å²) in [5, 5.41) is 0. The van der Waals surface area contributed by atoms with Crippen molar-refractivity contribution < 1.29 is 19.1 Å². The van der Waals surface area contributed by atoms with Gasteiger partial charge in [-0.25, -0.2) is 0 Å². The molecule has 3 fully saturated rings. The summed E-state index contributed by atoms with van der Waals surface area (Å²) in [5.41, 5.74) is -0.617. The van der Waals surface area contributed by atoms with E-state index in [0.717, 1.165) is 18.6 Å². The maximum Gasteiger partial charge on any atom is 0.230 e. The van der Waals surface area contributed by atoms with Crippen LogP contribution in [0, 0.1) is 11.8 Å². The second-order valence-electron chi connectivity index (χ2n) is 8.79. The van der Waals surface area contributed by atoms with E-state index in [1.54, 1.807) is 12.4 Å². The Morgan fingerprint density at radius 3 is 2.83 bits per heavy atom. The standard InChI is InChI=1S/C22H27N3O4/c1-14(2)25-13-22-8-5-17(29-22)18(19(22)21(25)27)20(26)24-10-6-15(7-11-24)28-16-4-3-9-23-12-16/h3-5,8-9,12,14-15,17-19H,6-7,10-11,13H2,1-2H3/t17-,18-,19+,22-/m1/s1. The van der Waals surface area contributed by atoms with Gasteiger partial charge in [0, 0.05) is 38.2 Å². The number of carbonyl (C=O) groups is 2. The topological polar surface area (TPSA) is 72.0 Å². The van der Waals surface area contributed by atoms with Gasteiger partial charge in [0.1, 0.15) is 17.5 Å². The van der Waals surface area contributed by atoms with Crippen LogP contribution in [0.3, 0.4) is 0 Å². The average Bonchev–Trinajstić information content (AvgIpc) is 3.37. The molecule has 1 aromatic rings. The monoisotopic (exact) mass is 397 g/mol. The second-order valence-corrected chi connectivity index (χ2v) is 8.79. The number of hydrogen-bond donors (Lipinski definition) is 0. The molecule has 0 aliphatic carbocycles. The second kappa shape index (κ2) is 6.83. The molecule has 0 aromatic carbocycles. The van der Waals surface area contributed by atoms with Crippen LogP contribution < -0.4 is 4.74 Å². The van der Waals surface area contributed by atoms with E-state index in [1.165, 1.54) is 0 Å². The summed E-state index contributed by atoms with van der Waals surface area (Å²) in [5.74, 6) is 0.0602. The largest absolute Gasteiger partial charge is 0.489 e. The summed E-state index contributed by atoms with van der Waals surface area (Å²) in [6, 6.07) is 3.86. The Hall–Kier alpha value is -2.41. The number of ether oxygens (including phenoxy) is 2. The first kappa shape index (κ1) is 18.6. The third-order valence-corrected chi connectivity index (χ3v) is 6.73. The van der Waals surface area contributed by atoms with E-state index >= 15 is 0 Å². The first-order valence-corrected chi connectivity index (χ1v) is 10.5. The Morgan fingerprint density at radius 2 is 2.14 bits per heavy atom. The van der Waals surface area contributed by atoms with Crippen LogP contribution in [0.15, 0.2) is 36.7 Å². The minimum atomic E-state index is -0.617. The fourth-order valence-electron chi connectivity index (χ4n) is 5.26. The SMILES string of the molecule is CC(C)N1C[C@@]23C=C[C@@H](O2)[C@@H](C(=O)N2CCC(Oc4cccnc4)CC2)[C@H]3C1=O. The van der Waals surface area contributed by atoms with Crippen molar-refractivity contribution in [3.63, 3.8) is 0 Å². The van der Waals surface area contributed by atoms with E-state index in [0.29, 0.717) is 19.6 Å². The van der Waals surface area contributed by atoms with E-state index in [-0.39, 0.29) is 30.1 Å². The Balaban J connectivity index is 1.26. The lowest BCUT2D eigenvalue weighted by Gasteiger charge is -2.35. The summed E-state index contributed by atoms with van der Waals surface area (Å²) in [7, 11) is 0. The third-order valence-electron chi connectivity index (χ3n) is 6.73. The van der Waals surface area contributed by atoms with Gasteiger partial charge in [0.2, 0.25) is 11.8 Å². The quantitative estimate of drug-likeness (QED) is 0.723. The number of nitrogens with zero attached hydrogens (tertiary/aromatic N) is 3. The van der Waals surface area contributed by atoms with Crippen molar-refractivity contribution in [2.45, 2.75) is 50.5 Å². The first-order valence-electron chi connectivity index (χ1n) is 10.5. The lowest BCUT2D eigenvalue weighted by Crippen LogP contribution is -2.49. The molecule has 5 rings (SSSR count). The van der Waals surface area contributed by atoms with Crippen LogP contribution in [0.4, 0.5) is 0 Å². The van der Waals surface area contributed by atoms with Crippen LogP contribution in [0.5, 0.6) is 5.75 Å². The summed E-state index contributed by atoms with van der Waals surface area (Å²) in [6.07, 6.45) is 8.77. The van der Waals surface area contributed by atoms with E-state index in [4.69, 9.17) is 9.47 Å². The highest BCUT2D eigenvalue weighted by Gasteiger charge is 2.67. The zero-order valence-electron chi connectivity index (χ0n) is 16.9. The van der Waals surface area contributed by atoms with Crippen molar-refractivity contribution in [3.05, 3.63) is 36.7 Å². The Morgan fingerprint density at radius 1 is 1.34 bits per heavy atom. The number of hydrogen-bond acceptors (Lipinski definition) is 5. The van der Waals surface area contributed by atoms with Crippen LogP contribution in [0.25, 0.3) is 0 Å². The van der Waals surface area contributed by atoms with E-state index in [9.17, 15) is 9.59 Å². The molecule has 1 aromatic heterocycles. The predicted molar refractivity (Wildman–Crippen MR) is 105 cm³/mol. The van der Waals surface area contributed by atoms with E-state index in [1.807, 2.05) is 47.9 Å². The normalized spacial score (nSPS) is 33.6. The van der Waals surface area contributed by atoms with Crippen LogP contribution in [0.1, 0.15) is 26.7 Å². The fourth-order valence-corrected chi connectivity index (χ4v) is 5.26. The molecule has 7 heteroatoms. The highest BCUT2D eigenvalue weighted by molar-refractivity contribution is 5.93. The third kappa shape index (κ3) is 2.94. The van der Waals surface area contributed by atoms with Crippen molar-refractivity contribution in [2.75, 3.05) is 19.6 Å². The molecule has 3 saturated heterocycles. The van der Waals surface area contributed by atoms with Gasteiger partial charge in [-0.15, -0.1) is 0 Å². The number of likely N-dealkylation sites (tertiary alicyclic amines) is 2. The lowest BCUT2D eigenvalue weighted by molar-refractivity contribution is -0.145. The molecule has 2 amide bonds. The maximum atomic E-state index is 13.4. The zero-order chi connectivity index (χ0) is 20.2. The van der Waals surface area contributed by atoms with Gasteiger partial charge >= 0.3 is 0 Å². The minimum Gasteiger partial charge on any atom is -0.489 e. The van der Waals surface area contributed by atoms with Crippen LogP contribution in [0.2, 0.25) is 0 Å². The average molecular weight is 397 g/mol. The molecule has 0 N–H and O–H groups in total. The van der Waals surface area contributed by atoms with Crippen LogP contribution in [-0.2, 0) is 14.3 Å². The number of amides is 2. The number of carbonyl (C=O) groups excluding carboxylic acids is 2.